The van der Waals surface area contributed by atoms with Crippen LogP contribution in [0.25, 0.3) is 0 Å². The highest BCUT2D eigenvalue weighted by Gasteiger charge is 2.24. The van der Waals surface area contributed by atoms with Crippen molar-refractivity contribution in [1.82, 2.24) is 0 Å². The van der Waals surface area contributed by atoms with Crippen molar-refractivity contribution < 1.29 is 0 Å². The molecule has 0 N–H and O–H groups in total. The van der Waals surface area contributed by atoms with Crippen molar-refractivity contribution in [2.75, 3.05) is 11.5 Å². The van der Waals surface area contributed by atoms with Crippen LogP contribution in [0.2, 0.25) is 0 Å². The SMILES string of the molecule is c1ccc([C@@H]2CSC(CC3=N[C@H](c4ccccc4)CS3)=N2)cc1. The largest absolute Gasteiger partial charge is 0.274 e. The first-order valence-electron chi connectivity index (χ1n) is 7.87. The number of hydrogen-bond donors (Lipinski definition) is 0. The van der Waals surface area contributed by atoms with Crippen LogP contribution in [0.3, 0.4) is 0 Å². The highest BCUT2D eigenvalue weighted by molar-refractivity contribution is 8.16. The molecule has 23 heavy (non-hydrogen) atoms. The lowest BCUT2D eigenvalue weighted by atomic mass is 10.1. The molecule has 2 heterocycles. The third-order valence-corrected chi connectivity index (χ3v) is 6.22. The van der Waals surface area contributed by atoms with E-state index in [1.54, 1.807) is 0 Å². The van der Waals surface area contributed by atoms with E-state index in [0.29, 0.717) is 12.1 Å². The fraction of sp³-hybridized carbons (Fsp3) is 0.263. The third kappa shape index (κ3) is 3.54. The summed E-state index contributed by atoms with van der Waals surface area (Å²) in [4.78, 5) is 9.81. The lowest BCUT2D eigenvalue weighted by Gasteiger charge is -2.04. The zero-order valence-electron chi connectivity index (χ0n) is 12.8. The Morgan fingerprint density at radius 3 is 1.57 bits per heavy atom. The summed E-state index contributed by atoms with van der Waals surface area (Å²) in [6, 6.07) is 21.8. The number of thioether (sulfide) groups is 2. The van der Waals surface area contributed by atoms with Gasteiger partial charge in [-0.05, 0) is 11.1 Å². The van der Waals surface area contributed by atoms with Crippen molar-refractivity contribution in [3.8, 4) is 0 Å². The van der Waals surface area contributed by atoms with Crippen LogP contribution in [-0.4, -0.2) is 21.6 Å². The average molecular weight is 339 g/mol. The van der Waals surface area contributed by atoms with Crippen molar-refractivity contribution in [3.63, 3.8) is 0 Å². The Morgan fingerprint density at radius 1 is 0.696 bits per heavy atom. The molecule has 2 nitrogen and oxygen atoms in total. The van der Waals surface area contributed by atoms with Crippen molar-refractivity contribution in [3.05, 3.63) is 71.8 Å². The number of aliphatic imine (C=N–C) groups is 2. The summed E-state index contributed by atoms with van der Waals surface area (Å²) in [7, 11) is 0. The molecule has 4 heteroatoms. The van der Waals surface area contributed by atoms with Crippen molar-refractivity contribution in [1.29, 1.82) is 0 Å². The van der Waals surface area contributed by atoms with Crippen molar-refractivity contribution >= 4 is 33.6 Å². The van der Waals surface area contributed by atoms with Gasteiger partial charge in [0, 0.05) is 17.9 Å². The third-order valence-electron chi connectivity index (χ3n) is 4.09. The minimum absolute atomic E-state index is 0.313. The van der Waals surface area contributed by atoms with E-state index in [-0.39, 0.29) is 0 Å². The summed E-state index contributed by atoms with van der Waals surface area (Å²) in [5.74, 6) is 2.11. The Balaban J connectivity index is 1.43. The zero-order valence-corrected chi connectivity index (χ0v) is 14.4. The molecule has 0 spiro atoms. The maximum atomic E-state index is 4.91. The van der Waals surface area contributed by atoms with E-state index in [9.17, 15) is 0 Å². The van der Waals surface area contributed by atoms with Gasteiger partial charge in [-0.2, -0.15) is 0 Å². The molecule has 2 aromatic rings. The fourth-order valence-electron chi connectivity index (χ4n) is 2.86. The Bertz CT molecular complexity index is 662. The summed E-state index contributed by atoms with van der Waals surface area (Å²) < 4.78 is 0. The predicted octanol–water partition coefficient (Wildman–Crippen LogP) is 5.15. The van der Waals surface area contributed by atoms with Crippen LogP contribution in [0.5, 0.6) is 0 Å². The molecule has 2 aliphatic heterocycles. The first-order chi connectivity index (χ1) is 11.4. The molecule has 0 unspecified atom stereocenters. The molecule has 0 saturated heterocycles. The molecule has 2 aromatic carbocycles. The lowest BCUT2D eigenvalue weighted by Crippen LogP contribution is -1.97. The second kappa shape index (κ2) is 6.93. The average Bonchev–Trinajstić information content (AvgIpc) is 3.27. The first-order valence-corrected chi connectivity index (χ1v) is 9.84. The number of hydrogen-bond acceptors (Lipinski definition) is 4. The Labute approximate surface area is 145 Å². The molecule has 0 radical (unpaired) electrons. The van der Waals surface area contributed by atoms with Crippen LogP contribution in [0.15, 0.2) is 70.6 Å². The highest BCUT2D eigenvalue weighted by atomic mass is 32.2. The molecular weight excluding hydrogens is 320 g/mol. The topological polar surface area (TPSA) is 24.7 Å². The second-order valence-electron chi connectivity index (χ2n) is 5.70. The summed E-state index contributed by atoms with van der Waals surface area (Å²) in [6.45, 7) is 0. The van der Waals surface area contributed by atoms with Crippen LogP contribution in [0.1, 0.15) is 29.6 Å². The van der Waals surface area contributed by atoms with Gasteiger partial charge in [0.2, 0.25) is 0 Å². The predicted molar refractivity (Wildman–Crippen MR) is 103 cm³/mol. The Hall–Kier alpha value is -1.52. The van der Waals surface area contributed by atoms with E-state index in [1.165, 1.54) is 21.2 Å². The molecule has 0 amide bonds. The number of nitrogens with zero attached hydrogens (tertiary/aromatic N) is 2. The molecule has 2 aliphatic rings. The summed E-state index contributed by atoms with van der Waals surface area (Å²) in [5, 5.41) is 2.47. The van der Waals surface area contributed by atoms with Gasteiger partial charge in [0.25, 0.3) is 0 Å². The minimum Gasteiger partial charge on any atom is -0.274 e. The molecule has 0 saturated carbocycles. The van der Waals surface area contributed by atoms with Gasteiger partial charge in [-0.1, -0.05) is 60.7 Å². The molecular formula is C19H18N2S2. The fourth-order valence-corrected chi connectivity index (χ4v) is 5.07. The van der Waals surface area contributed by atoms with Crippen LogP contribution >= 0.6 is 23.5 Å². The highest BCUT2D eigenvalue weighted by Crippen LogP contribution is 2.36. The van der Waals surface area contributed by atoms with Gasteiger partial charge >= 0.3 is 0 Å². The van der Waals surface area contributed by atoms with E-state index in [4.69, 9.17) is 9.98 Å². The lowest BCUT2D eigenvalue weighted by molar-refractivity contribution is 0.844. The van der Waals surface area contributed by atoms with Gasteiger partial charge in [0.1, 0.15) is 0 Å². The minimum atomic E-state index is 0.313. The smallest absolute Gasteiger partial charge is 0.0852 e. The second-order valence-corrected chi connectivity index (χ2v) is 7.88. The quantitative estimate of drug-likeness (QED) is 0.770. The van der Waals surface area contributed by atoms with Gasteiger partial charge in [0.15, 0.2) is 0 Å². The molecule has 0 bridgehead atoms. The number of rotatable bonds is 4. The van der Waals surface area contributed by atoms with Gasteiger partial charge in [-0.15, -0.1) is 23.5 Å². The van der Waals surface area contributed by atoms with E-state index >= 15 is 0 Å². The van der Waals surface area contributed by atoms with E-state index in [1.807, 2.05) is 23.5 Å². The summed E-state index contributed by atoms with van der Waals surface area (Å²) in [6.07, 6.45) is 0.905. The van der Waals surface area contributed by atoms with Gasteiger partial charge in [-0.25, -0.2) is 0 Å². The summed E-state index contributed by atoms with van der Waals surface area (Å²) in [5.41, 5.74) is 2.64. The monoisotopic (exact) mass is 338 g/mol. The molecule has 0 aliphatic carbocycles. The van der Waals surface area contributed by atoms with E-state index < -0.39 is 0 Å². The Morgan fingerprint density at radius 2 is 1.13 bits per heavy atom. The van der Waals surface area contributed by atoms with Crippen molar-refractivity contribution in [2.45, 2.75) is 18.5 Å². The number of benzene rings is 2. The van der Waals surface area contributed by atoms with Crippen LogP contribution in [0.4, 0.5) is 0 Å². The van der Waals surface area contributed by atoms with Crippen molar-refractivity contribution in [2.24, 2.45) is 9.98 Å². The van der Waals surface area contributed by atoms with E-state index in [0.717, 1.165) is 17.9 Å². The van der Waals surface area contributed by atoms with Crippen LogP contribution in [0, 0.1) is 0 Å². The standard InChI is InChI=1S/C19H18N2S2/c1-3-7-14(8-4-1)16-12-22-18(20-16)11-19-21-17(13-23-19)15-9-5-2-6-10-15/h1-10,16-17H,11-13H2/t16-,17-/m0/s1. The zero-order chi connectivity index (χ0) is 15.5. The molecule has 116 valence electrons. The normalized spacial score (nSPS) is 23.7. The Kier molecular flexibility index (Phi) is 4.53. The molecule has 0 aromatic heterocycles. The molecule has 4 rings (SSSR count). The van der Waals surface area contributed by atoms with E-state index in [2.05, 4.69) is 60.7 Å². The van der Waals surface area contributed by atoms with Gasteiger partial charge in [-0.3, -0.25) is 9.98 Å². The molecule has 0 fully saturated rings. The maximum absolute atomic E-state index is 4.91. The van der Waals surface area contributed by atoms with Crippen LogP contribution < -0.4 is 0 Å². The maximum Gasteiger partial charge on any atom is 0.0852 e. The first kappa shape index (κ1) is 15.0. The molecule has 2 atom stereocenters. The van der Waals surface area contributed by atoms with Crippen LogP contribution in [-0.2, 0) is 0 Å². The van der Waals surface area contributed by atoms with Gasteiger partial charge in [0.05, 0.1) is 22.2 Å². The summed E-state index contributed by atoms with van der Waals surface area (Å²) >= 11 is 3.77. The van der Waals surface area contributed by atoms with Gasteiger partial charge < -0.3 is 0 Å².